The highest BCUT2D eigenvalue weighted by Crippen LogP contribution is 2.28. The fourth-order valence-electron chi connectivity index (χ4n) is 3.09. The molecule has 0 unspecified atom stereocenters. The summed E-state index contributed by atoms with van der Waals surface area (Å²) in [6.45, 7) is 7.47. The Labute approximate surface area is 173 Å². The molecule has 0 bridgehead atoms. The molecule has 0 fully saturated rings. The molecule has 0 atom stereocenters. The summed E-state index contributed by atoms with van der Waals surface area (Å²) in [6.07, 6.45) is 1.54. The fourth-order valence-corrected chi connectivity index (χ4v) is 3.09. The van der Waals surface area contributed by atoms with Crippen molar-refractivity contribution in [2.24, 2.45) is 5.10 Å². The number of anilines is 1. The topological polar surface area (TPSA) is 95.3 Å². The van der Waals surface area contributed by atoms with Crippen LogP contribution in [-0.4, -0.2) is 23.2 Å². The number of furan rings is 1. The Kier molecular flexibility index (Phi) is 6.02. The van der Waals surface area contributed by atoms with Crippen LogP contribution in [-0.2, 0) is 4.79 Å². The van der Waals surface area contributed by atoms with Crippen LogP contribution < -0.4 is 10.7 Å². The Morgan fingerprint density at radius 3 is 2.63 bits per heavy atom. The first-order valence-corrected chi connectivity index (χ1v) is 9.32. The van der Waals surface area contributed by atoms with Gasteiger partial charge in [0.1, 0.15) is 23.2 Å². The summed E-state index contributed by atoms with van der Waals surface area (Å²) in [7, 11) is 0. The van der Waals surface area contributed by atoms with Crippen LogP contribution >= 0.6 is 0 Å². The molecule has 3 aromatic rings. The summed E-state index contributed by atoms with van der Waals surface area (Å²) >= 11 is 0. The standard InChI is InChI=1S/C22H22FN5O2/c1-13-9-17(15(3)28(13)22-20(10-24)14(2)16(4)30-22)11-26-27-21(29)12-25-19-7-5-18(23)6-8-19/h5-9,11,25H,12H2,1-4H3,(H,27,29)/b26-11-. The van der Waals surface area contributed by atoms with Gasteiger partial charge >= 0.3 is 0 Å². The van der Waals surface area contributed by atoms with E-state index in [1.807, 2.05) is 38.3 Å². The Morgan fingerprint density at radius 1 is 1.27 bits per heavy atom. The number of amides is 1. The largest absolute Gasteiger partial charge is 0.443 e. The van der Waals surface area contributed by atoms with Crippen molar-refractivity contribution in [2.45, 2.75) is 27.7 Å². The maximum atomic E-state index is 12.9. The van der Waals surface area contributed by atoms with E-state index in [9.17, 15) is 14.4 Å². The molecule has 1 amide bonds. The minimum atomic E-state index is -0.339. The molecule has 2 N–H and O–H groups in total. The second-order valence-corrected chi connectivity index (χ2v) is 6.89. The molecule has 0 radical (unpaired) electrons. The summed E-state index contributed by atoms with van der Waals surface area (Å²) in [4.78, 5) is 12.0. The number of nitrogens with zero attached hydrogens (tertiary/aromatic N) is 3. The molecule has 0 saturated carbocycles. The molecule has 3 rings (SSSR count). The first-order valence-electron chi connectivity index (χ1n) is 9.32. The van der Waals surface area contributed by atoms with Crippen molar-refractivity contribution in [3.05, 3.63) is 70.0 Å². The van der Waals surface area contributed by atoms with Crippen molar-refractivity contribution >= 4 is 17.8 Å². The third-order valence-corrected chi connectivity index (χ3v) is 4.84. The first-order chi connectivity index (χ1) is 14.3. The summed E-state index contributed by atoms with van der Waals surface area (Å²) in [5, 5.41) is 16.4. The number of nitriles is 1. The van der Waals surface area contributed by atoms with E-state index in [0.29, 0.717) is 22.9 Å². The highest BCUT2D eigenvalue weighted by molar-refractivity contribution is 5.85. The molecule has 1 aromatic carbocycles. The third kappa shape index (κ3) is 4.25. The quantitative estimate of drug-likeness (QED) is 0.479. The highest BCUT2D eigenvalue weighted by atomic mass is 19.1. The van der Waals surface area contributed by atoms with Crippen LogP contribution in [0.25, 0.3) is 5.88 Å². The van der Waals surface area contributed by atoms with Crippen molar-refractivity contribution in [2.75, 3.05) is 11.9 Å². The number of aromatic nitrogens is 1. The molecule has 0 saturated heterocycles. The smallest absolute Gasteiger partial charge is 0.259 e. The zero-order valence-corrected chi connectivity index (χ0v) is 17.2. The first kappa shape index (κ1) is 20.9. The minimum absolute atomic E-state index is 0.00152. The van der Waals surface area contributed by atoms with Gasteiger partial charge in [-0.15, -0.1) is 0 Å². The average molecular weight is 407 g/mol. The van der Waals surface area contributed by atoms with Crippen LogP contribution in [0.15, 0.2) is 39.9 Å². The van der Waals surface area contributed by atoms with Crippen LogP contribution in [0.5, 0.6) is 0 Å². The summed E-state index contributed by atoms with van der Waals surface area (Å²) in [5.41, 5.74) is 6.90. The number of rotatable bonds is 6. The maximum Gasteiger partial charge on any atom is 0.259 e. The second-order valence-electron chi connectivity index (χ2n) is 6.89. The van der Waals surface area contributed by atoms with Crippen molar-refractivity contribution in [3.8, 4) is 12.0 Å². The van der Waals surface area contributed by atoms with Crippen molar-refractivity contribution in [1.82, 2.24) is 9.99 Å². The lowest BCUT2D eigenvalue weighted by Crippen LogP contribution is -2.25. The van der Waals surface area contributed by atoms with Crippen LogP contribution in [0.2, 0.25) is 0 Å². The van der Waals surface area contributed by atoms with Gasteiger partial charge in [0.25, 0.3) is 5.91 Å². The van der Waals surface area contributed by atoms with Gasteiger partial charge < -0.3 is 9.73 Å². The van der Waals surface area contributed by atoms with Gasteiger partial charge in [0.15, 0.2) is 0 Å². The number of benzene rings is 1. The molecule has 0 aliphatic rings. The Hall–Kier alpha value is -3.86. The zero-order chi connectivity index (χ0) is 21.8. The number of halogens is 1. The van der Waals surface area contributed by atoms with Crippen LogP contribution in [0, 0.1) is 44.8 Å². The van der Waals surface area contributed by atoms with Gasteiger partial charge in [-0.2, -0.15) is 10.4 Å². The fraction of sp³-hybridized carbons (Fsp3) is 0.227. The predicted molar refractivity (Wildman–Crippen MR) is 112 cm³/mol. The monoisotopic (exact) mass is 407 g/mol. The molecular formula is C22H22FN5O2. The van der Waals surface area contributed by atoms with Crippen LogP contribution in [0.4, 0.5) is 10.1 Å². The second kappa shape index (κ2) is 8.66. The number of hydrogen-bond acceptors (Lipinski definition) is 5. The average Bonchev–Trinajstić information content (AvgIpc) is 3.15. The molecule has 8 heteroatoms. The molecule has 2 aromatic heterocycles. The zero-order valence-electron chi connectivity index (χ0n) is 17.2. The molecule has 154 valence electrons. The number of hydrazone groups is 1. The van der Waals surface area contributed by atoms with E-state index in [-0.39, 0.29) is 18.3 Å². The van der Waals surface area contributed by atoms with Gasteiger partial charge in [0.05, 0.1) is 12.8 Å². The van der Waals surface area contributed by atoms with E-state index >= 15 is 0 Å². The van der Waals surface area contributed by atoms with E-state index in [1.54, 1.807) is 18.3 Å². The van der Waals surface area contributed by atoms with E-state index in [4.69, 9.17) is 4.42 Å². The van der Waals surface area contributed by atoms with E-state index in [2.05, 4.69) is 21.9 Å². The van der Waals surface area contributed by atoms with E-state index < -0.39 is 0 Å². The van der Waals surface area contributed by atoms with Crippen LogP contribution in [0.3, 0.4) is 0 Å². The van der Waals surface area contributed by atoms with Gasteiger partial charge in [0, 0.05) is 28.2 Å². The van der Waals surface area contributed by atoms with Crippen molar-refractivity contribution in [3.63, 3.8) is 0 Å². The van der Waals surface area contributed by atoms with Gasteiger partial charge in [-0.25, -0.2) is 9.82 Å². The maximum absolute atomic E-state index is 12.9. The lowest BCUT2D eigenvalue weighted by Gasteiger charge is -2.06. The molecule has 0 aliphatic heterocycles. The Balaban J connectivity index is 1.69. The lowest BCUT2D eigenvalue weighted by molar-refractivity contribution is -0.119. The van der Waals surface area contributed by atoms with Crippen molar-refractivity contribution < 1.29 is 13.6 Å². The minimum Gasteiger partial charge on any atom is -0.443 e. The SMILES string of the molecule is Cc1oc(-n2c(C)cc(/C=N\NC(=O)CNc3ccc(F)cc3)c2C)c(C#N)c1C. The van der Waals surface area contributed by atoms with Gasteiger partial charge in [-0.3, -0.25) is 9.36 Å². The summed E-state index contributed by atoms with van der Waals surface area (Å²) in [5.74, 6) is 0.502. The van der Waals surface area contributed by atoms with E-state index in [1.165, 1.54) is 12.1 Å². The van der Waals surface area contributed by atoms with E-state index in [0.717, 1.165) is 22.5 Å². The number of carbonyl (C=O) groups excluding carboxylic acids is 1. The normalized spacial score (nSPS) is 10.9. The summed E-state index contributed by atoms with van der Waals surface area (Å²) < 4.78 is 20.6. The molecular weight excluding hydrogens is 385 g/mol. The predicted octanol–water partition coefficient (Wildman–Crippen LogP) is 3.88. The highest BCUT2D eigenvalue weighted by Gasteiger charge is 2.20. The Morgan fingerprint density at radius 2 is 1.97 bits per heavy atom. The number of aryl methyl sites for hydroxylation is 2. The Bertz CT molecular complexity index is 1150. The molecule has 0 aliphatic carbocycles. The molecule has 2 heterocycles. The van der Waals surface area contributed by atoms with Crippen molar-refractivity contribution in [1.29, 1.82) is 5.26 Å². The third-order valence-electron chi connectivity index (χ3n) is 4.84. The van der Waals surface area contributed by atoms with Crippen LogP contribution in [0.1, 0.15) is 33.8 Å². The van der Waals surface area contributed by atoms with Gasteiger partial charge in [-0.05, 0) is 58.0 Å². The number of nitrogens with one attached hydrogen (secondary N) is 2. The number of hydrogen-bond donors (Lipinski definition) is 2. The van der Waals surface area contributed by atoms with Gasteiger partial charge in [-0.1, -0.05) is 0 Å². The summed E-state index contributed by atoms with van der Waals surface area (Å²) in [6, 6.07) is 9.83. The number of carbonyl (C=O) groups is 1. The molecule has 7 nitrogen and oxygen atoms in total. The lowest BCUT2D eigenvalue weighted by atomic mass is 10.2. The molecule has 0 spiro atoms. The van der Waals surface area contributed by atoms with Gasteiger partial charge in [0.2, 0.25) is 5.88 Å². The molecule has 30 heavy (non-hydrogen) atoms.